The van der Waals surface area contributed by atoms with Crippen molar-refractivity contribution in [2.75, 3.05) is 24.7 Å². The summed E-state index contributed by atoms with van der Waals surface area (Å²) in [6, 6.07) is 5.79. The molecule has 0 aliphatic heterocycles. The Morgan fingerprint density at radius 3 is 2.48 bits per heavy atom. The van der Waals surface area contributed by atoms with Crippen LogP contribution in [-0.2, 0) is 16.6 Å². The molecule has 0 bridgehead atoms. The number of likely N-dealkylation sites (N-methyl/N-ethyl adjacent to an activating group) is 1. The average molecular weight is 459 g/mol. The molecule has 0 atom stereocenters. The van der Waals surface area contributed by atoms with E-state index in [1.807, 2.05) is 45.9 Å². The van der Waals surface area contributed by atoms with E-state index in [1.54, 1.807) is 14.1 Å². The molecule has 0 saturated heterocycles. The van der Waals surface area contributed by atoms with Crippen LogP contribution in [0.25, 0.3) is 10.2 Å². The smallest absolute Gasteiger partial charge is 0.262 e. The quantitative estimate of drug-likeness (QED) is 0.452. The topological polar surface area (TPSA) is 84.3 Å². The van der Waals surface area contributed by atoms with Gasteiger partial charge in [0.25, 0.3) is 5.56 Å². The van der Waals surface area contributed by atoms with Gasteiger partial charge in [-0.25, -0.2) is 4.98 Å². The number of fused-ring (bicyclic) bond motifs is 1. The van der Waals surface area contributed by atoms with Gasteiger partial charge in [-0.3, -0.25) is 19.0 Å². The molecule has 9 heteroatoms. The minimum Gasteiger partial charge on any atom is -0.336 e. The second kappa shape index (κ2) is 9.23. The van der Waals surface area contributed by atoms with Crippen LogP contribution in [0.15, 0.2) is 28.2 Å². The Hall–Kier alpha value is -2.65. The molecule has 1 aromatic carbocycles. The highest BCUT2D eigenvalue weighted by molar-refractivity contribution is 7.99. The molecule has 2 heterocycles. The second-order valence-corrected chi connectivity index (χ2v) is 9.72. The fourth-order valence-electron chi connectivity index (χ4n) is 3.22. The molecule has 0 saturated carbocycles. The Balaban J connectivity index is 1.65. The number of thiophene rings is 1. The molecule has 31 heavy (non-hydrogen) atoms. The van der Waals surface area contributed by atoms with Crippen molar-refractivity contribution in [1.29, 1.82) is 0 Å². The van der Waals surface area contributed by atoms with Crippen LogP contribution in [0.5, 0.6) is 0 Å². The number of carbonyl (C=O) groups is 2. The molecule has 1 N–H and O–H groups in total. The summed E-state index contributed by atoms with van der Waals surface area (Å²) in [7, 11) is 3.25. The Kier molecular flexibility index (Phi) is 6.86. The zero-order valence-electron chi connectivity index (χ0n) is 18.5. The molecule has 0 radical (unpaired) electrons. The van der Waals surface area contributed by atoms with E-state index >= 15 is 0 Å². The maximum absolute atomic E-state index is 12.7. The van der Waals surface area contributed by atoms with Crippen molar-refractivity contribution in [3.63, 3.8) is 0 Å². The van der Waals surface area contributed by atoms with Gasteiger partial charge in [0.15, 0.2) is 5.16 Å². The predicted molar refractivity (Wildman–Crippen MR) is 127 cm³/mol. The second-order valence-electron chi connectivity index (χ2n) is 7.58. The van der Waals surface area contributed by atoms with Gasteiger partial charge in [-0.15, -0.1) is 11.3 Å². The van der Waals surface area contributed by atoms with Gasteiger partial charge in [-0.1, -0.05) is 30.0 Å². The number of para-hydroxylation sites is 1. The van der Waals surface area contributed by atoms with Crippen molar-refractivity contribution in [3.05, 3.63) is 50.1 Å². The SMILES string of the molecule is Cc1cccc(C)c1NC(=O)CN(C)C(=O)CSc1nc2sc(C)c(C)c2c(=O)n1C. The van der Waals surface area contributed by atoms with Crippen LogP contribution in [0.3, 0.4) is 0 Å². The third kappa shape index (κ3) is 4.83. The minimum absolute atomic E-state index is 0.0537. The zero-order chi connectivity index (χ0) is 22.9. The Morgan fingerprint density at radius 2 is 1.84 bits per heavy atom. The number of carbonyl (C=O) groups excluding carboxylic acids is 2. The van der Waals surface area contributed by atoms with Gasteiger partial charge in [0.2, 0.25) is 11.8 Å². The number of benzene rings is 1. The summed E-state index contributed by atoms with van der Waals surface area (Å²) in [5.41, 5.74) is 3.56. The van der Waals surface area contributed by atoms with Crippen LogP contribution < -0.4 is 10.9 Å². The average Bonchev–Trinajstić information content (AvgIpc) is 3.00. The lowest BCUT2D eigenvalue weighted by atomic mass is 10.1. The van der Waals surface area contributed by atoms with E-state index < -0.39 is 0 Å². The van der Waals surface area contributed by atoms with E-state index in [1.165, 1.54) is 32.6 Å². The molecule has 0 aliphatic rings. The molecule has 0 fully saturated rings. The van der Waals surface area contributed by atoms with Crippen LogP contribution in [0.2, 0.25) is 0 Å². The van der Waals surface area contributed by atoms with Crippen LogP contribution in [0.4, 0.5) is 5.69 Å². The first-order chi connectivity index (χ1) is 14.6. The molecular formula is C22H26N4O3S2. The Morgan fingerprint density at radius 1 is 1.19 bits per heavy atom. The number of hydrogen-bond donors (Lipinski definition) is 1. The number of aryl methyl sites for hydroxylation is 4. The van der Waals surface area contributed by atoms with Crippen LogP contribution in [0.1, 0.15) is 21.6 Å². The largest absolute Gasteiger partial charge is 0.336 e. The lowest BCUT2D eigenvalue weighted by Gasteiger charge is -2.18. The minimum atomic E-state index is -0.255. The summed E-state index contributed by atoms with van der Waals surface area (Å²) >= 11 is 2.68. The van der Waals surface area contributed by atoms with Crippen molar-refractivity contribution in [2.24, 2.45) is 7.05 Å². The number of rotatable bonds is 6. The molecular weight excluding hydrogens is 432 g/mol. The fraction of sp³-hybridized carbons (Fsp3) is 0.364. The van der Waals surface area contributed by atoms with E-state index in [2.05, 4.69) is 10.3 Å². The highest BCUT2D eigenvalue weighted by Gasteiger charge is 2.18. The molecule has 3 aromatic rings. The van der Waals surface area contributed by atoms with E-state index in [-0.39, 0.29) is 29.7 Å². The van der Waals surface area contributed by atoms with Gasteiger partial charge in [0.05, 0.1) is 17.7 Å². The highest BCUT2D eigenvalue weighted by atomic mass is 32.2. The molecule has 0 aliphatic carbocycles. The van der Waals surface area contributed by atoms with Gasteiger partial charge in [0, 0.05) is 24.7 Å². The third-order valence-electron chi connectivity index (χ3n) is 5.25. The first-order valence-corrected chi connectivity index (χ1v) is 11.6. The molecule has 7 nitrogen and oxygen atoms in total. The summed E-state index contributed by atoms with van der Waals surface area (Å²) in [6.07, 6.45) is 0. The van der Waals surface area contributed by atoms with Crippen LogP contribution in [-0.4, -0.2) is 45.6 Å². The lowest BCUT2D eigenvalue weighted by molar-refractivity contribution is -0.131. The van der Waals surface area contributed by atoms with Gasteiger partial charge in [0.1, 0.15) is 4.83 Å². The fourth-order valence-corrected chi connectivity index (χ4v) is 5.20. The lowest BCUT2D eigenvalue weighted by Crippen LogP contribution is -2.36. The van der Waals surface area contributed by atoms with Gasteiger partial charge < -0.3 is 10.2 Å². The summed E-state index contributed by atoms with van der Waals surface area (Å²) in [6.45, 7) is 7.70. The Labute approximate surface area is 189 Å². The van der Waals surface area contributed by atoms with Gasteiger partial charge in [-0.2, -0.15) is 0 Å². The number of anilines is 1. The zero-order valence-corrected chi connectivity index (χ0v) is 20.2. The van der Waals surface area contributed by atoms with Crippen LogP contribution >= 0.6 is 23.1 Å². The molecule has 0 spiro atoms. The van der Waals surface area contributed by atoms with Crippen molar-refractivity contribution < 1.29 is 9.59 Å². The molecule has 164 valence electrons. The number of nitrogens with one attached hydrogen (secondary N) is 1. The summed E-state index contributed by atoms with van der Waals surface area (Å²) < 4.78 is 1.48. The maximum atomic E-state index is 12.7. The summed E-state index contributed by atoms with van der Waals surface area (Å²) in [5, 5.41) is 4.01. The van der Waals surface area contributed by atoms with E-state index in [4.69, 9.17) is 0 Å². The number of aromatic nitrogens is 2. The summed E-state index contributed by atoms with van der Waals surface area (Å²) in [4.78, 5) is 45.4. The number of amides is 2. The van der Waals surface area contributed by atoms with E-state index in [0.29, 0.717) is 15.4 Å². The molecule has 0 unspecified atom stereocenters. The monoisotopic (exact) mass is 458 g/mol. The maximum Gasteiger partial charge on any atom is 0.262 e. The van der Waals surface area contributed by atoms with Crippen molar-refractivity contribution in [3.8, 4) is 0 Å². The molecule has 2 aromatic heterocycles. The normalized spacial score (nSPS) is 11.0. The van der Waals surface area contributed by atoms with Crippen LogP contribution in [0, 0.1) is 27.7 Å². The standard InChI is InChI=1S/C22H26N4O3S2/c1-12-8-7-9-13(2)19(12)23-16(27)10-25(5)17(28)11-30-22-24-20-18(21(29)26(22)6)14(3)15(4)31-20/h7-9H,10-11H2,1-6H3,(H,23,27). The third-order valence-corrected chi connectivity index (χ3v) is 7.36. The summed E-state index contributed by atoms with van der Waals surface area (Å²) in [5.74, 6) is -0.383. The number of hydrogen-bond acceptors (Lipinski definition) is 6. The van der Waals surface area contributed by atoms with Crippen molar-refractivity contribution in [2.45, 2.75) is 32.9 Å². The first kappa shape index (κ1) is 23.0. The predicted octanol–water partition coefficient (Wildman–Crippen LogP) is 3.42. The Bertz CT molecular complexity index is 1210. The molecule has 2 amide bonds. The van der Waals surface area contributed by atoms with Gasteiger partial charge in [-0.05, 0) is 44.4 Å². The van der Waals surface area contributed by atoms with Crippen molar-refractivity contribution in [1.82, 2.24) is 14.5 Å². The van der Waals surface area contributed by atoms with E-state index in [0.717, 1.165) is 27.3 Å². The highest BCUT2D eigenvalue weighted by Crippen LogP contribution is 2.28. The number of thioether (sulfide) groups is 1. The van der Waals surface area contributed by atoms with Crippen molar-refractivity contribution >= 4 is 50.8 Å². The van der Waals surface area contributed by atoms with E-state index in [9.17, 15) is 14.4 Å². The molecule has 3 rings (SSSR count). The first-order valence-electron chi connectivity index (χ1n) is 9.79. The van der Waals surface area contributed by atoms with Gasteiger partial charge >= 0.3 is 0 Å². The number of nitrogens with zero attached hydrogens (tertiary/aromatic N) is 3.